The van der Waals surface area contributed by atoms with E-state index < -0.39 is 30.1 Å². The van der Waals surface area contributed by atoms with Crippen LogP contribution in [-0.4, -0.2) is 71.5 Å². The summed E-state index contributed by atoms with van der Waals surface area (Å²) in [6.07, 6.45) is 1.11. The van der Waals surface area contributed by atoms with Gasteiger partial charge in [0.05, 0.1) is 24.2 Å². The zero-order valence-corrected chi connectivity index (χ0v) is 17.0. The van der Waals surface area contributed by atoms with Gasteiger partial charge in [0.15, 0.2) is 12.2 Å². The van der Waals surface area contributed by atoms with Gasteiger partial charge in [-0.05, 0) is 19.1 Å². The standard InChI is InChI=1S/C19H20ClN5O4/c1-11-10-24-15-16(21-18(24)25(11)13-7-5-4-6-12(13)20)22(2)19(28)23(17(15)27)9-8-14(26)29-3/h4-7,10,15-16H,8-9H2,1-3H3. The molecule has 1 fully saturated rings. The minimum absolute atomic E-state index is 0.0437. The van der Waals surface area contributed by atoms with Gasteiger partial charge in [-0.25, -0.2) is 9.79 Å². The van der Waals surface area contributed by atoms with Gasteiger partial charge in [-0.3, -0.25) is 19.4 Å². The van der Waals surface area contributed by atoms with Gasteiger partial charge in [-0.2, -0.15) is 0 Å². The maximum absolute atomic E-state index is 13.2. The van der Waals surface area contributed by atoms with E-state index in [2.05, 4.69) is 9.73 Å². The van der Waals surface area contributed by atoms with Gasteiger partial charge in [0.25, 0.3) is 5.91 Å². The summed E-state index contributed by atoms with van der Waals surface area (Å²) in [5.41, 5.74) is 1.59. The molecule has 152 valence electrons. The molecule has 0 radical (unpaired) electrons. The zero-order valence-electron chi connectivity index (χ0n) is 16.2. The summed E-state index contributed by atoms with van der Waals surface area (Å²) in [5.74, 6) is -0.347. The van der Waals surface area contributed by atoms with Crippen molar-refractivity contribution in [3.8, 4) is 0 Å². The quantitative estimate of drug-likeness (QED) is 0.695. The number of rotatable bonds is 4. The Kier molecular flexibility index (Phi) is 4.70. The number of imide groups is 1. The van der Waals surface area contributed by atoms with E-state index >= 15 is 0 Å². The molecule has 3 heterocycles. The number of urea groups is 1. The SMILES string of the molecule is COC(=O)CCN1C(=O)C2C(N=C3N(c4ccccc4Cl)C(C)=CN32)N(C)C1=O. The number of methoxy groups -OCH3 is 1. The van der Waals surface area contributed by atoms with Crippen LogP contribution in [0.25, 0.3) is 0 Å². The van der Waals surface area contributed by atoms with Crippen LogP contribution in [0.1, 0.15) is 13.3 Å². The lowest BCUT2D eigenvalue weighted by Gasteiger charge is -2.40. The molecule has 0 N–H and O–H groups in total. The molecule has 9 nitrogen and oxygen atoms in total. The van der Waals surface area contributed by atoms with Crippen LogP contribution in [0.3, 0.4) is 0 Å². The molecular formula is C19H20ClN5O4. The summed E-state index contributed by atoms with van der Waals surface area (Å²) in [4.78, 5) is 48.2. The number of esters is 1. The number of halogens is 1. The number of allylic oxidation sites excluding steroid dienone is 1. The fourth-order valence-electron chi connectivity index (χ4n) is 3.80. The van der Waals surface area contributed by atoms with Gasteiger partial charge in [0.2, 0.25) is 5.96 Å². The molecule has 0 aliphatic carbocycles. The van der Waals surface area contributed by atoms with Crippen molar-refractivity contribution in [1.82, 2.24) is 14.7 Å². The van der Waals surface area contributed by atoms with Crippen molar-refractivity contribution in [3.05, 3.63) is 41.2 Å². The summed E-state index contributed by atoms with van der Waals surface area (Å²) in [5, 5.41) is 0.551. The maximum atomic E-state index is 13.2. The van der Waals surface area contributed by atoms with Gasteiger partial charge in [0.1, 0.15) is 0 Å². The first-order valence-electron chi connectivity index (χ1n) is 9.09. The Morgan fingerprint density at radius 2 is 2.00 bits per heavy atom. The van der Waals surface area contributed by atoms with Crippen molar-refractivity contribution in [2.75, 3.05) is 25.6 Å². The lowest BCUT2D eigenvalue weighted by atomic mass is 10.1. The Hall–Kier alpha value is -3.07. The van der Waals surface area contributed by atoms with Crippen molar-refractivity contribution in [3.63, 3.8) is 0 Å². The molecule has 1 saturated heterocycles. The molecule has 0 aromatic heterocycles. The smallest absolute Gasteiger partial charge is 0.328 e. The second-order valence-electron chi connectivity index (χ2n) is 6.96. The first kappa shape index (κ1) is 19.3. The first-order chi connectivity index (χ1) is 13.8. The van der Waals surface area contributed by atoms with Gasteiger partial charge < -0.3 is 14.5 Å². The number of hydrogen-bond acceptors (Lipinski definition) is 7. The largest absolute Gasteiger partial charge is 0.469 e. The van der Waals surface area contributed by atoms with Crippen molar-refractivity contribution in [2.24, 2.45) is 4.99 Å². The Morgan fingerprint density at radius 1 is 1.28 bits per heavy atom. The van der Waals surface area contributed by atoms with Crippen LogP contribution in [0.4, 0.5) is 10.5 Å². The fraction of sp³-hybridized carbons (Fsp3) is 0.368. The number of para-hydroxylation sites is 1. The van der Waals surface area contributed by atoms with Crippen LogP contribution in [0.2, 0.25) is 5.02 Å². The van der Waals surface area contributed by atoms with E-state index in [1.54, 1.807) is 18.0 Å². The Labute approximate surface area is 172 Å². The highest BCUT2D eigenvalue weighted by molar-refractivity contribution is 6.34. The van der Waals surface area contributed by atoms with Crippen LogP contribution < -0.4 is 4.90 Å². The first-order valence-corrected chi connectivity index (χ1v) is 9.47. The minimum Gasteiger partial charge on any atom is -0.469 e. The molecule has 3 aliphatic heterocycles. The van der Waals surface area contributed by atoms with Gasteiger partial charge in [0, 0.05) is 25.5 Å². The number of amides is 3. The summed E-state index contributed by atoms with van der Waals surface area (Å²) in [6, 6.07) is 6.17. The maximum Gasteiger partial charge on any atom is 0.328 e. The predicted octanol–water partition coefficient (Wildman–Crippen LogP) is 1.84. The fourth-order valence-corrected chi connectivity index (χ4v) is 4.02. The molecule has 1 aromatic carbocycles. The number of aliphatic imine (C=N–C) groups is 1. The van der Waals surface area contributed by atoms with E-state index in [0.717, 1.165) is 16.3 Å². The molecule has 3 aliphatic rings. The lowest BCUT2D eigenvalue weighted by Crippen LogP contribution is -2.64. The van der Waals surface area contributed by atoms with Gasteiger partial charge >= 0.3 is 12.0 Å². The predicted molar refractivity (Wildman–Crippen MR) is 106 cm³/mol. The average Bonchev–Trinajstić information content (AvgIpc) is 3.21. The molecule has 2 atom stereocenters. The van der Waals surface area contributed by atoms with Crippen LogP contribution >= 0.6 is 11.6 Å². The van der Waals surface area contributed by atoms with E-state index in [9.17, 15) is 14.4 Å². The van der Waals surface area contributed by atoms with E-state index in [1.165, 1.54) is 12.0 Å². The highest BCUT2D eigenvalue weighted by atomic mass is 35.5. The number of anilines is 1. The molecule has 10 heteroatoms. The van der Waals surface area contributed by atoms with Crippen LogP contribution in [0.5, 0.6) is 0 Å². The molecule has 29 heavy (non-hydrogen) atoms. The summed E-state index contributed by atoms with van der Waals surface area (Å²) in [6.45, 7) is 1.86. The van der Waals surface area contributed by atoms with Gasteiger partial charge in [-0.15, -0.1) is 0 Å². The van der Waals surface area contributed by atoms with E-state index in [4.69, 9.17) is 11.6 Å². The average molecular weight is 418 g/mol. The molecule has 1 aromatic rings. The van der Waals surface area contributed by atoms with Crippen LogP contribution in [0.15, 0.2) is 41.2 Å². The number of carbonyl (C=O) groups is 3. The van der Waals surface area contributed by atoms with E-state index in [-0.39, 0.29) is 13.0 Å². The highest BCUT2D eigenvalue weighted by Crippen LogP contribution is 2.38. The topological polar surface area (TPSA) is 85.8 Å². The third-order valence-corrected chi connectivity index (χ3v) is 5.57. The number of carbonyl (C=O) groups excluding carboxylic acids is 3. The van der Waals surface area contributed by atoms with E-state index in [1.807, 2.05) is 36.2 Å². The second kappa shape index (κ2) is 7.07. The molecule has 4 rings (SSSR count). The minimum atomic E-state index is -0.701. The van der Waals surface area contributed by atoms with Crippen LogP contribution in [-0.2, 0) is 14.3 Å². The number of hydrogen-bond donors (Lipinski definition) is 0. The molecular weight excluding hydrogens is 398 g/mol. The number of fused-ring (bicyclic) bond motifs is 3. The molecule has 2 unspecified atom stereocenters. The Bertz CT molecular complexity index is 962. The summed E-state index contributed by atoms with van der Waals surface area (Å²) < 4.78 is 4.62. The molecule has 3 amide bonds. The number of likely N-dealkylation sites (N-methyl/N-ethyl adjacent to an activating group) is 1. The van der Waals surface area contributed by atoms with Crippen LogP contribution in [0, 0.1) is 0 Å². The van der Waals surface area contributed by atoms with Gasteiger partial charge in [-0.1, -0.05) is 23.7 Å². The Morgan fingerprint density at radius 3 is 2.69 bits per heavy atom. The summed E-state index contributed by atoms with van der Waals surface area (Å²) >= 11 is 6.38. The molecule has 0 bridgehead atoms. The van der Waals surface area contributed by atoms with Crippen molar-refractivity contribution >= 4 is 41.2 Å². The number of guanidine groups is 1. The van der Waals surface area contributed by atoms with E-state index in [0.29, 0.717) is 11.0 Å². The van der Waals surface area contributed by atoms with Crippen molar-refractivity contribution in [2.45, 2.75) is 25.6 Å². The monoisotopic (exact) mass is 417 g/mol. The third kappa shape index (κ3) is 2.93. The third-order valence-electron chi connectivity index (χ3n) is 5.25. The zero-order chi connectivity index (χ0) is 20.9. The normalized spacial score (nSPS) is 23.2. The van der Waals surface area contributed by atoms with Crippen molar-refractivity contribution in [1.29, 1.82) is 0 Å². The number of ether oxygens (including phenoxy) is 1. The van der Waals surface area contributed by atoms with Crippen molar-refractivity contribution < 1.29 is 19.1 Å². The Balaban J connectivity index is 1.66. The highest BCUT2D eigenvalue weighted by Gasteiger charge is 2.54. The lowest BCUT2D eigenvalue weighted by molar-refractivity contribution is -0.142. The summed E-state index contributed by atoms with van der Waals surface area (Å²) in [7, 11) is 2.86. The molecule has 0 saturated carbocycles. The number of benzene rings is 1. The second-order valence-corrected chi connectivity index (χ2v) is 7.37. The number of nitrogens with zero attached hydrogens (tertiary/aromatic N) is 5. The molecule has 0 spiro atoms.